The average Bonchev–Trinajstić information content (AvgIpc) is 3.06. The first-order valence-electron chi connectivity index (χ1n) is 8.70. The number of primary amides is 1. The Hall–Kier alpha value is -3.52. The fourth-order valence-corrected chi connectivity index (χ4v) is 3.21. The monoisotopic (exact) mass is 410 g/mol. The quantitative estimate of drug-likeness (QED) is 0.521. The Labute approximate surface area is 170 Å². The number of halogens is 2. The second-order valence-corrected chi connectivity index (χ2v) is 6.95. The zero-order chi connectivity index (χ0) is 20.5. The number of rotatable bonds is 5. The van der Waals surface area contributed by atoms with Crippen LogP contribution in [0.1, 0.15) is 5.69 Å². The van der Waals surface area contributed by atoms with Gasteiger partial charge in [0, 0.05) is 28.2 Å². The summed E-state index contributed by atoms with van der Waals surface area (Å²) in [5.74, 6) is -0.903. The third-order valence-electron chi connectivity index (χ3n) is 4.21. The van der Waals surface area contributed by atoms with Crippen LogP contribution >= 0.6 is 11.6 Å². The maximum Gasteiger partial charge on any atom is 0.239 e. The number of fused-ring (bicyclic) bond motifs is 1. The molecule has 9 heteroatoms. The molecule has 3 heterocycles. The van der Waals surface area contributed by atoms with Gasteiger partial charge in [-0.1, -0.05) is 11.6 Å². The number of nitrogens with one attached hydrogen (secondary N) is 1. The number of carbonyl (C=O) groups is 1. The number of carbonyl (C=O) groups excluding carboxylic acids is 1. The smallest absolute Gasteiger partial charge is 0.239 e. The van der Waals surface area contributed by atoms with E-state index in [1.165, 1.54) is 16.8 Å². The van der Waals surface area contributed by atoms with Crippen molar-refractivity contribution in [1.82, 2.24) is 19.7 Å². The molecule has 29 heavy (non-hydrogen) atoms. The van der Waals surface area contributed by atoms with Gasteiger partial charge in [-0.3, -0.25) is 19.4 Å². The van der Waals surface area contributed by atoms with Crippen LogP contribution in [-0.2, 0) is 11.3 Å². The fraction of sp³-hybridized carbons (Fsp3) is 0.100. The molecular weight excluding hydrogens is 395 g/mol. The van der Waals surface area contributed by atoms with Gasteiger partial charge in [0.2, 0.25) is 5.91 Å². The summed E-state index contributed by atoms with van der Waals surface area (Å²) in [4.78, 5) is 19.8. The topological polar surface area (TPSA) is 98.7 Å². The Balaban J connectivity index is 1.73. The number of aromatic nitrogens is 4. The van der Waals surface area contributed by atoms with E-state index in [1.807, 2.05) is 13.0 Å². The number of nitrogens with two attached hydrogens (primary N) is 1. The van der Waals surface area contributed by atoms with Crippen LogP contribution in [0.2, 0.25) is 5.02 Å². The number of nitrogens with zero attached hydrogens (tertiary/aromatic N) is 4. The molecule has 0 aliphatic rings. The number of aryl methyl sites for hydroxylation is 1. The molecule has 0 aliphatic carbocycles. The standard InChI is InChI=1S/C20H16ClFN6O/c1-11-6-13(8-17(25-11)14-7-12(21)2-3-15(14)22)26-16-4-5-24-18-9-28(10-19(23)29)27-20(16)18/h2-9H,10H2,1H3,(H2,23,29)(H,25,26). The van der Waals surface area contributed by atoms with Gasteiger partial charge < -0.3 is 11.1 Å². The third kappa shape index (κ3) is 4.02. The van der Waals surface area contributed by atoms with Crippen LogP contribution in [0, 0.1) is 12.7 Å². The predicted molar refractivity (Wildman–Crippen MR) is 109 cm³/mol. The molecule has 0 saturated carbocycles. The fourth-order valence-electron chi connectivity index (χ4n) is 3.04. The highest BCUT2D eigenvalue weighted by molar-refractivity contribution is 6.30. The molecule has 1 amide bonds. The van der Waals surface area contributed by atoms with Crippen LogP contribution in [0.5, 0.6) is 0 Å². The Morgan fingerprint density at radius 2 is 2.10 bits per heavy atom. The van der Waals surface area contributed by atoms with Crippen LogP contribution in [0.3, 0.4) is 0 Å². The number of benzene rings is 1. The van der Waals surface area contributed by atoms with E-state index in [0.29, 0.717) is 44.4 Å². The summed E-state index contributed by atoms with van der Waals surface area (Å²) in [6, 6.07) is 9.67. The molecule has 146 valence electrons. The molecule has 1 aromatic carbocycles. The van der Waals surface area contributed by atoms with Crippen LogP contribution in [-0.4, -0.2) is 25.7 Å². The lowest BCUT2D eigenvalue weighted by atomic mass is 10.1. The van der Waals surface area contributed by atoms with Crippen molar-refractivity contribution in [1.29, 1.82) is 0 Å². The molecule has 0 unspecified atom stereocenters. The van der Waals surface area contributed by atoms with Gasteiger partial charge in [0.25, 0.3) is 0 Å². The summed E-state index contributed by atoms with van der Waals surface area (Å²) in [7, 11) is 0. The normalized spacial score (nSPS) is 11.0. The van der Waals surface area contributed by atoms with Crippen molar-refractivity contribution in [2.45, 2.75) is 13.5 Å². The summed E-state index contributed by atoms with van der Waals surface area (Å²) in [6.45, 7) is 1.78. The number of hydrogen-bond donors (Lipinski definition) is 2. The SMILES string of the molecule is Cc1cc(Nc2ccnc3cn(CC(N)=O)nc23)cc(-c2cc(Cl)ccc2F)n1. The maximum atomic E-state index is 14.3. The van der Waals surface area contributed by atoms with Crippen molar-refractivity contribution < 1.29 is 9.18 Å². The van der Waals surface area contributed by atoms with E-state index in [9.17, 15) is 9.18 Å². The summed E-state index contributed by atoms with van der Waals surface area (Å²) in [5, 5.41) is 8.07. The van der Waals surface area contributed by atoms with E-state index in [4.69, 9.17) is 17.3 Å². The van der Waals surface area contributed by atoms with E-state index in [-0.39, 0.29) is 6.54 Å². The van der Waals surface area contributed by atoms with Crippen LogP contribution in [0.15, 0.2) is 48.8 Å². The molecule has 3 N–H and O–H groups in total. The number of amides is 1. The summed E-state index contributed by atoms with van der Waals surface area (Å²) < 4.78 is 15.7. The summed E-state index contributed by atoms with van der Waals surface area (Å²) >= 11 is 6.02. The van der Waals surface area contributed by atoms with Crippen LogP contribution in [0.25, 0.3) is 22.3 Å². The van der Waals surface area contributed by atoms with E-state index in [1.54, 1.807) is 30.6 Å². The average molecular weight is 411 g/mol. The Bertz CT molecular complexity index is 1240. The molecule has 3 aromatic heterocycles. The molecule has 4 aromatic rings. The number of hydrogen-bond acceptors (Lipinski definition) is 5. The van der Waals surface area contributed by atoms with Crippen LogP contribution in [0.4, 0.5) is 15.8 Å². The second-order valence-electron chi connectivity index (χ2n) is 6.52. The Kier molecular flexibility index (Phi) is 4.85. The van der Waals surface area contributed by atoms with Crippen molar-refractivity contribution in [3.63, 3.8) is 0 Å². The predicted octanol–water partition coefficient (Wildman–Crippen LogP) is 3.82. The lowest BCUT2D eigenvalue weighted by Crippen LogP contribution is -2.18. The van der Waals surface area contributed by atoms with E-state index in [2.05, 4.69) is 20.4 Å². The Morgan fingerprint density at radius 3 is 2.90 bits per heavy atom. The largest absolute Gasteiger partial charge is 0.368 e. The maximum absolute atomic E-state index is 14.3. The highest BCUT2D eigenvalue weighted by atomic mass is 35.5. The van der Waals surface area contributed by atoms with Crippen LogP contribution < -0.4 is 11.1 Å². The minimum absolute atomic E-state index is 0.0393. The second kappa shape index (κ2) is 7.48. The van der Waals surface area contributed by atoms with E-state index in [0.717, 1.165) is 0 Å². The lowest BCUT2D eigenvalue weighted by Gasteiger charge is -2.11. The molecule has 0 spiro atoms. The number of pyridine rings is 2. The van der Waals surface area contributed by atoms with Crippen molar-refractivity contribution >= 4 is 39.9 Å². The van der Waals surface area contributed by atoms with Crippen molar-refractivity contribution in [2.75, 3.05) is 5.32 Å². The molecule has 0 fully saturated rings. The van der Waals surface area contributed by atoms with Crippen molar-refractivity contribution in [3.05, 3.63) is 65.3 Å². The molecule has 0 radical (unpaired) electrons. The molecule has 7 nitrogen and oxygen atoms in total. The summed E-state index contributed by atoms with van der Waals surface area (Å²) in [6.07, 6.45) is 3.28. The third-order valence-corrected chi connectivity index (χ3v) is 4.44. The van der Waals surface area contributed by atoms with Crippen molar-refractivity contribution in [3.8, 4) is 11.3 Å². The highest BCUT2D eigenvalue weighted by Gasteiger charge is 2.12. The van der Waals surface area contributed by atoms with Gasteiger partial charge >= 0.3 is 0 Å². The molecule has 0 bridgehead atoms. The first kappa shape index (κ1) is 18.8. The van der Waals surface area contributed by atoms with E-state index < -0.39 is 11.7 Å². The minimum Gasteiger partial charge on any atom is -0.368 e. The van der Waals surface area contributed by atoms with Crippen molar-refractivity contribution in [2.24, 2.45) is 5.73 Å². The molecular formula is C20H16ClFN6O. The Morgan fingerprint density at radius 1 is 1.28 bits per heavy atom. The molecule has 0 saturated heterocycles. The van der Waals surface area contributed by atoms with Gasteiger partial charge in [0.15, 0.2) is 0 Å². The molecule has 0 aliphatic heterocycles. The zero-order valence-electron chi connectivity index (χ0n) is 15.4. The van der Waals surface area contributed by atoms with Gasteiger partial charge in [0.05, 0.1) is 17.6 Å². The van der Waals surface area contributed by atoms with Gasteiger partial charge in [-0.2, -0.15) is 5.10 Å². The highest BCUT2D eigenvalue weighted by Crippen LogP contribution is 2.29. The lowest BCUT2D eigenvalue weighted by molar-refractivity contribution is -0.118. The molecule has 4 rings (SSSR count). The zero-order valence-corrected chi connectivity index (χ0v) is 16.1. The van der Waals surface area contributed by atoms with Gasteiger partial charge in [0.1, 0.15) is 23.4 Å². The van der Waals surface area contributed by atoms with Gasteiger partial charge in [-0.25, -0.2) is 4.39 Å². The molecule has 0 atom stereocenters. The first-order valence-corrected chi connectivity index (χ1v) is 9.08. The minimum atomic E-state index is -0.495. The summed E-state index contributed by atoms with van der Waals surface area (Å²) in [5.41, 5.74) is 9.29. The van der Waals surface area contributed by atoms with Gasteiger partial charge in [-0.05, 0) is 43.3 Å². The van der Waals surface area contributed by atoms with Gasteiger partial charge in [-0.15, -0.1) is 0 Å². The first-order chi connectivity index (χ1) is 13.9. The van der Waals surface area contributed by atoms with E-state index >= 15 is 0 Å². The number of anilines is 2.